The molecule has 0 aliphatic heterocycles. The number of rotatable bonds is 0. The van der Waals surface area contributed by atoms with Crippen LogP contribution in [0.5, 0.6) is 0 Å². The maximum absolute atomic E-state index is 5.72. The molecule has 0 heterocycles. The fourth-order valence-corrected chi connectivity index (χ4v) is 0. The minimum atomic E-state index is 0. The van der Waals surface area contributed by atoms with Crippen LogP contribution in [-0.4, -0.2) is 0 Å². The number of halogens is 1. The van der Waals surface area contributed by atoms with Gasteiger partial charge >= 0.3 is 0 Å². The van der Waals surface area contributed by atoms with Crippen LogP contribution in [0, 0.1) is 7.43 Å². The summed E-state index contributed by atoms with van der Waals surface area (Å²) in [5, 5.41) is 0. The van der Waals surface area contributed by atoms with Gasteiger partial charge in [-0.2, -0.15) is 0 Å². The van der Waals surface area contributed by atoms with E-state index in [-0.39, 0.29) is 33.3 Å². The van der Waals surface area contributed by atoms with E-state index in [9.17, 15) is 0 Å². The van der Waals surface area contributed by atoms with Crippen LogP contribution in [0.25, 0.3) is 3.95 Å². The van der Waals surface area contributed by atoms with Gasteiger partial charge in [-0.05, 0) is 0 Å². The summed E-state index contributed by atoms with van der Waals surface area (Å²) in [5.41, 5.74) is 0. The molecule has 0 unspecified atom stereocenters. The molecule has 0 aromatic heterocycles. The van der Waals surface area contributed by atoms with Crippen LogP contribution in [0.4, 0.5) is 0 Å². The fourth-order valence-electron chi connectivity index (χ4n) is 0. The van der Waals surface area contributed by atoms with Gasteiger partial charge in [0.1, 0.15) is 0 Å². The van der Waals surface area contributed by atoms with Gasteiger partial charge in [-0.3, -0.25) is 0 Å². The maximum Gasteiger partial charge on any atom is 0 e. The minimum absolute atomic E-state index is 0. The van der Waals surface area contributed by atoms with E-state index in [0.717, 1.165) is 0 Å². The largest absolute Gasteiger partial charge is 0.616 e. The Morgan fingerprint density at radius 1 is 1.25 bits per heavy atom. The summed E-state index contributed by atoms with van der Waals surface area (Å²) in [5.74, 6) is 0. The molecule has 0 fully saturated rings. The first-order valence-corrected chi connectivity index (χ1v) is 1.27. The van der Waals surface area contributed by atoms with Gasteiger partial charge in [0.25, 0.3) is 0 Å². The molecular formula is CH4INSc-2. The molecule has 1 N–H and O–H groups in total. The van der Waals surface area contributed by atoms with Crippen molar-refractivity contribution in [1.82, 2.24) is 0 Å². The van der Waals surface area contributed by atoms with Crippen LogP contribution >= 0.6 is 22.9 Å². The molecule has 0 aliphatic carbocycles. The van der Waals surface area contributed by atoms with Crippen molar-refractivity contribution in [3.63, 3.8) is 0 Å². The third-order valence-electron chi connectivity index (χ3n) is 0. The Balaban J connectivity index is -0.00000000500. The molecule has 4 heavy (non-hydrogen) atoms. The van der Waals surface area contributed by atoms with Crippen LogP contribution in [-0.2, 0) is 25.8 Å². The van der Waals surface area contributed by atoms with Crippen molar-refractivity contribution < 1.29 is 25.8 Å². The van der Waals surface area contributed by atoms with E-state index < -0.39 is 0 Å². The molecule has 0 atom stereocenters. The normalized spacial score (nSPS) is 1.50. The van der Waals surface area contributed by atoms with Crippen molar-refractivity contribution in [3.8, 4) is 0 Å². The molecule has 1 radical (unpaired) electrons. The smallest absolute Gasteiger partial charge is 0 e. The van der Waals surface area contributed by atoms with E-state index >= 15 is 0 Å². The zero-order valence-electron chi connectivity index (χ0n) is 2.46. The predicted molar refractivity (Wildman–Crippen MR) is 24.8 cm³/mol. The minimum Gasteiger partial charge on any atom is -0.616 e. The topological polar surface area (TPSA) is 23.8 Å². The average molecular weight is 202 g/mol. The number of hydrogen-bond acceptors (Lipinski definition) is 0. The first-order valence-electron chi connectivity index (χ1n) is 0.189. The first-order chi connectivity index (χ1) is 1.00. The van der Waals surface area contributed by atoms with Gasteiger partial charge in [0, 0.05) is 25.8 Å². The van der Waals surface area contributed by atoms with Gasteiger partial charge < -0.3 is 11.4 Å². The summed E-state index contributed by atoms with van der Waals surface area (Å²) in [6, 6.07) is 0. The van der Waals surface area contributed by atoms with E-state index in [4.69, 9.17) is 3.95 Å². The van der Waals surface area contributed by atoms with E-state index in [1.807, 2.05) is 0 Å². The van der Waals surface area contributed by atoms with Crippen LogP contribution in [0.15, 0.2) is 0 Å². The molecule has 0 aliphatic rings. The van der Waals surface area contributed by atoms with Crippen molar-refractivity contribution in [2.75, 3.05) is 0 Å². The molecule has 0 saturated heterocycles. The van der Waals surface area contributed by atoms with Crippen LogP contribution in [0.3, 0.4) is 0 Å². The Hall–Kier alpha value is 1.56. The SMILES string of the molecule is [CH3-].[NH-]I.[Sc]. The molecule has 0 aromatic carbocycles. The van der Waals surface area contributed by atoms with E-state index in [1.54, 1.807) is 0 Å². The molecule has 0 amide bonds. The molecule has 0 spiro atoms. The molecule has 0 rings (SSSR count). The van der Waals surface area contributed by atoms with Gasteiger partial charge in [-0.1, -0.05) is 0 Å². The molecule has 0 saturated carbocycles. The third kappa shape index (κ3) is 9.59. The van der Waals surface area contributed by atoms with Crippen LogP contribution in [0.1, 0.15) is 0 Å². The first kappa shape index (κ1) is 17.6. The number of nitrogens with one attached hydrogen (secondary N) is 1. The molecule has 0 aromatic rings. The quantitative estimate of drug-likeness (QED) is 0.422. The molecule has 0 bridgehead atoms. The molecule has 1 nitrogen and oxygen atoms in total. The maximum atomic E-state index is 5.72. The van der Waals surface area contributed by atoms with E-state index in [1.165, 1.54) is 22.9 Å². The summed E-state index contributed by atoms with van der Waals surface area (Å²) in [4.78, 5) is 0. The standard InChI is InChI=1S/CH3.HIN.Sc/c;1-2;/h1H3;2H;/q2*-1;. The van der Waals surface area contributed by atoms with Gasteiger partial charge in [0.15, 0.2) is 0 Å². The summed E-state index contributed by atoms with van der Waals surface area (Å²) >= 11 is 1.40. The molecule has 3 heteroatoms. The van der Waals surface area contributed by atoms with Crippen molar-refractivity contribution in [2.24, 2.45) is 0 Å². The Bertz CT molecular complexity index is 8.00. The predicted octanol–water partition coefficient (Wildman–Crippen LogP) is 1.84. The Morgan fingerprint density at radius 2 is 1.25 bits per heavy atom. The Labute approximate surface area is 59.6 Å². The van der Waals surface area contributed by atoms with Crippen molar-refractivity contribution >= 4 is 22.9 Å². The zero-order chi connectivity index (χ0) is 2.00. The number of hydrogen-bond donors (Lipinski definition) is 0. The Kier molecular flexibility index (Phi) is 105. The van der Waals surface area contributed by atoms with Gasteiger partial charge in [0.2, 0.25) is 0 Å². The van der Waals surface area contributed by atoms with E-state index in [0.29, 0.717) is 0 Å². The van der Waals surface area contributed by atoms with Crippen molar-refractivity contribution in [2.45, 2.75) is 0 Å². The van der Waals surface area contributed by atoms with Gasteiger partial charge in [0.05, 0.1) is 0 Å². The summed E-state index contributed by atoms with van der Waals surface area (Å²) in [6.45, 7) is 0. The second kappa shape index (κ2) is 23.7. The fraction of sp³-hybridized carbons (Fsp3) is 0. The zero-order valence-corrected chi connectivity index (χ0v) is 6.42. The molecular weight excluding hydrogens is 198 g/mol. The summed E-state index contributed by atoms with van der Waals surface area (Å²) in [7, 11) is 0. The van der Waals surface area contributed by atoms with E-state index in [2.05, 4.69) is 0 Å². The van der Waals surface area contributed by atoms with Crippen molar-refractivity contribution in [3.05, 3.63) is 11.4 Å². The second-order valence-corrected chi connectivity index (χ2v) is 0. The van der Waals surface area contributed by atoms with Gasteiger partial charge in [-0.15, -0.1) is 0 Å². The van der Waals surface area contributed by atoms with Crippen molar-refractivity contribution in [1.29, 1.82) is 0 Å². The average Bonchev–Trinajstić information content (AvgIpc) is 1.00. The van der Waals surface area contributed by atoms with Crippen LogP contribution < -0.4 is 0 Å². The molecule has 25 valence electrons. The third-order valence-corrected chi connectivity index (χ3v) is 0. The second-order valence-electron chi connectivity index (χ2n) is 0. The summed E-state index contributed by atoms with van der Waals surface area (Å²) in [6.07, 6.45) is 0. The van der Waals surface area contributed by atoms with Crippen LogP contribution in [0.2, 0.25) is 0 Å². The monoisotopic (exact) mass is 202 g/mol. The summed E-state index contributed by atoms with van der Waals surface area (Å²) < 4.78 is 5.72. The van der Waals surface area contributed by atoms with Gasteiger partial charge in [-0.25, -0.2) is 22.9 Å². The Morgan fingerprint density at radius 3 is 1.25 bits per heavy atom.